The SMILES string of the molecule is C[C@@H](N)c1ccc(SCc2ccc(Cl)cc2)c(Br)c1. The van der Waals surface area contributed by atoms with Crippen molar-refractivity contribution in [2.24, 2.45) is 5.73 Å². The van der Waals surface area contributed by atoms with E-state index in [9.17, 15) is 0 Å². The molecule has 4 heteroatoms. The highest BCUT2D eigenvalue weighted by atomic mass is 79.9. The van der Waals surface area contributed by atoms with Crippen molar-refractivity contribution >= 4 is 39.3 Å². The summed E-state index contributed by atoms with van der Waals surface area (Å²) in [5.74, 6) is 0.924. The molecule has 2 rings (SSSR count). The van der Waals surface area contributed by atoms with Crippen molar-refractivity contribution in [3.8, 4) is 0 Å². The summed E-state index contributed by atoms with van der Waals surface area (Å²) in [6.07, 6.45) is 0. The maximum absolute atomic E-state index is 5.87. The molecule has 0 fully saturated rings. The molecule has 2 aromatic rings. The second kappa shape index (κ2) is 6.80. The molecular weight excluding hydrogens is 342 g/mol. The maximum atomic E-state index is 5.87. The number of rotatable bonds is 4. The van der Waals surface area contributed by atoms with E-state index in [2.05, 4.69) is 46.3 Å². The Morgan fingerprint density at radius 3 is 2.47 bits per heavy atom. The number of hydrogen-bond donors (Lipinski definition) is 1. The Kier molecular flexibility index (Phi) is 5.34. The summed E-state index contributed by atoms with van der Waals surface area (Å²) in [5.41, 5.74) is 8.27. The van der Waals surface area contributed by atoms with E-state index in [0.717, 1.165) is 20.8 Å². The van der Waals surface area contributed by atoms with E-state index in [0.29, 0.717) is 0 Å². The van der Waals surface area contributed by atoms with Gasteiger partial charge in [0.05, 0.1) is 0 Å². The van der Waals surface area contributed by atoms with Crippen LogP contribution in [0.15, 0.2) is 51.8 Å². The average molecular weight is 357 g/mol. The quantitative estimate of drug-likeness (QED) is 0.741. The van der Waals surface area contributed by atoms with Crippen molar-refractivity contribution in [1.82, 2.24) is 0 Å². The molecule has 0 saturated carbocycles. The van der Waals surface area contributed by atoms with E-state index in [1.165, 1.54) is 10.5 Å². The minimum absolute atomic E-state index is 0.0617. The van der Waals surface area contributed by atoms with Crippen LogP contribution in [0.4, 0.5) is 0 Å². The van der Waals surface area contributed by atoms with Crippen LogP contribution in [0.3, 0.4) is 0 Å². The third-order valence-electron chi connectivity index (χ3n) is 2.79. The van der Waals surface area contributed by atoms with Gasteiger partial charge in [-0.15, -0.1) is 11.8 Å². The molecule has 1 atom stereocenters. The number of hydrogen-bond acceptors (Lipinski definition) is 2. The first-order valence-corrected chi connectivity index (χ1v) is 8.14. The van der Waals surface area contributed by atoms with Crippen molar-refractivity contribution in [2.75, 3.05) is 0 Å². The lowest BCUT2D eigenvalue weighted by molar-refractivity contribution is 0.815. The minimum atomic E-state index is 0.0617. The van der Waals surface area contributed by atoms with Crippen molar-refractivity contribution in [2.45, 2.75) is 23.6 Å². The van der Waals surface area contributed by atoms with Gasteiger partial charge in [0.2, 0.25) is 0 Å². The lowest BCUT2D eigenvalue weighted by Gasteiger charge is -2.09. The lowest BCUT2D eigenvalue weighted by atomic mass is 10.1. The van der Waals surface area contributed by atoms with Crippen LogP contribution in [0.2, 0.25) is 5.02 Å². The van der Waals surface area contributed by atoms with Crippen molar-refractivity contribution in [1.29, 1.82) is 0 Å². The summed E-state index contributed by atoms with van der Waals surface area (Å²) < 4.78 is 1.10. The molecule has 0 unspecified atom stereocenters. The summed E-state index contributed by atoms with van der Waals surface area (Å²) in [6, 6.07) is 14.3. The molecule has 0 saturated heterocycles. The van der Waals surface area contributed by atoms with E-state index in [1.807, 2.05) is 19.1 Å². The van der Waals surface area contributed by atoms with Crippen molar-refractivity contribution in [3.05, 3.63) is 63.1 Å². The van der Waals surface area contributed by atoms with Gasteiger partial charge in [-0.3, -0.25) is 0 Å². The van der Waals surface area contributed by atoms with E-state index >= 15 is 0 Å². The fourth-order valence-electron chi connectivity index (χ4n) is 1.66. The molecular formula is C15H15BrClNS. The second-order valence-corrected chi connectivity index (χ2v) is 6.70. The Morgan fingerprint density at radius 1 is 1.21 bits per heavy atom. The van der Waals surface area contributed by atoms with Gasteiger partial charge >= 0.3 is 0 Å². The highest BCUT2D eigenvalue weighted by molar-refractivity contribution is 9.10. The third-order valence-corrected chi connectivity index (χ3v) is 5.10. The Hall–Kier alpha value is -0.480. The molecule has 0 bridgehead atoms. The second-order valence-electron chi connectivity index (χ2n) is 4.39. The monoisotopic (exact) mass is 355 g/mol. The van der Waals surface area contributed by atoms with Crippen molar-refractivity contribution in [3.63, 3.8) is 0 Å². The third kappa shape index (κ3) is 4.25. The molecule has 0 radical (unpaired) electrons. The largest absolute Gasteiger partial charge is 0.324 e. The average Bonchev–Trinajstić information content (AvgIpc) is 2.39. The zero-order valence-electron chi connectivity index (χ0n) is 10.6. The van der Waals surface area contributed by atoms with Gasteiger partial charge in [-0.25, -0.2) is 0 Å². The smallest absolute Gasteiger partial charge is 0.0406 e. The van der Waals surface area contributed by atoms with Gasteiger partial charge in [0, 0.05) is 26.2 Å². The summed E-state index contributed by atoms with van der Waals surface area (Å²) in [4.78, 5) is 1.22. The van der Waals surface area contributed by atoms with Crippen LogP contribution in [-0.2, 0) is 5.75 Å². The van der Waals surface area contributed by atoms with Crippen LogP contribution in [0, 0.1) is 0 Å². The summed E-state index contributed by atoms with van der Waals surface area (Å²) in [6.45, 7) is 1.99. The number of halogens is 2. The van der Waals surface area contributed by atoms with Gasteiger partial charge in [-0.1, -0.05) is 29.8 Å². The highest BCUT2D eigenvalue weighted by Crippen LogP contribution is 2.32. The first-order valence-electron chi connectivity index (χ1n) is 5.98. The molecule has 0 aromatic heterocycles. The summed E-state index contributed by atoms with van der Waals surface area (Å²) in [5, 5.41) is 0.774. The Balaban J connectivity index is 2.05. The maximum Gasteiger partial charge on any atom is 0.0406 e. The van der Waals surface area contributed by atoms with Crippen molar-refractivity contribution < 1.29 is 0 Å². The predicted molar refractivity (Wildman–Crippen MR) is 87.8 cm³/mol. The normalized spacial score (nSPS) is 12.4. The lowest BCUT2D eigenvalue weighted by Crippen LogP contribution is -2.04. The molecule has 0 aliphatic carbocycles. The van der Waals surface area contributed by atoms with Crippen LogP contribution in [0.25, 0.3) is 0 Å². The first kappa shape index (κ1) is 14.9. The first-order chi connectivity index (χ1) is 9.06. The minimum Gasteiger partial charge on any atom is -0.324 e. The van der Waals surface area contributed by atoms with Crippen LogP contribution in [-0.4, -0.2) is 0 Å². The fourth-order valence-corrected chi connectivity index (χ4v) is 3.40. The fraction of sp³-hybridized carbons (Fsp3) is 0.200. The predicted octanol–water partition coefficient (Wildman–Crippen LogP) is 5.41. The number of nitrogens with two attached hydrogens (primary N) is 1. The Labute approximate surface area is 131 Å². The summed E-state index contributed by atoms with van der Waals surface area (Å²) >= 11 is 11.3. The number of thioether (sulfide) groups is 1. The van der Waals surface area contributed by atoms with Gasteiger partial charge in [0.1, 0.15) is 0 Å². The van der Waals surface area contributed by atoms with Gasteiger partial charge in [0.15, 0.2) is 0 Å². The van der Waals surface area contributed by atoms with Gasteiger partial charge in [-0.2, -0.15) is 0 Å². The molecule has 19 heavy (non-hydrogen) atoms. The molecule has 0 aliphatic rings. The Morgan fingerprint density at radius 2 is 1.89 bits per heavy atom. The topological polar surface area (TPSA) is 26.0 Å². The molecule has 0 amide bonds. The standard InChI is InChI=1S/C15H15BrClNS/c1-10(18)12-4-7-15(14(16)8-12)19-9-11-2-5-13(17)6-3-11/h2-8,10H,9,18H2,1H3/t10-/m1/s1. The van der Waals surface area contributed by atoms with Gasteiger partial charge < -0.3 is 5.73 Å². The zero-order valence-corrected chi connectivity index (χ0v) is 13.7. The molecule has 1 nitrogen and oxygen atoms in total. The highest BCUT2D eigenvalue weighted by Gasteiger charge is 2.05. The molecule has 0 aliphatic heterocycles. The van der Waals surface area contributed by atoms with Crippen LogP contribution < -0.4 is 5.73 Å². The zero-order chi connectivity index (χ0) is 13.8. The van der Waals surface area contributed by atoms with Crippen LogP contribution in [0.5, 0.6) is 0 Å². The van der Waals surface area contributed by atoms with Crippen LogP contribution >= 0.6 is 39.3 Å². The van der Waals surface area contributed by atoms with Gasteiger partial charge in [-0.05, 0) is 58.2 Å². The van der Waals surface area contributed by atoms with Crippen LogP contribution in [0.1, 0.15) is 24.1 Å². The number of benzene rings is 2. The van der Waals surface area contributed by atoms with E-state index in [4.69, 9.17) is 17.3 Å². The van der Waals surface area contributed by atoms with Gasteiger partial charge in [0.25, 0.3) is 0 Å². The molecule has 2 N–H and O–H groups in total. The molecule has 0 heterocycles. The van der Waals surface area contributed by atoms with E-state index in [1.54, 1.807) is 11.8 Å². The molecule has 0 spiro atoms. The summed E-state index contributed by atoms with van der Waals surface area (Å²) in [7, 11) is 0. The Bertz CT molecular complexity index is 555. The molecule has 100 valence electrons. The van der Waals surface area contributed by atoms with E-state index < -0.39 is 0 Å². The van der Waals surface area contributed by atoms with E-state index in [-0.39, 0.29) is 6.04 Å². The molecule has 2 aromatic carbocycles.